The van der Waals surface area contributed by atoms with E-state index in [9.17, 15) is 9.18 Å². The lowest BCUT2D eigenvalue weighted by Gasteiger charge is -2.15. The SMILES string of the molecule is C[C@@H](NC(=O)CSc1nnc(-c2ccccc2)n1-c1ccc(F)cc1)c1ccc2c(c1)OCO2. The maximum Gasteiger partial charge on any atom is 0.231 e. The first-order valence-electron chi connectivity index (χ1n) is 10.7. The van der Waals surface area contributed by atoms with Crippen LogP contribution in [0.3, 0.4) is 0 Å². The summed E-state index contributed by atoms with van der Waals surface area (Å²) in [5, 5.41) is 12.2. The van der Waals surface area contributed by atoms with E-state index >= 15 is 0 Å². The number of nitrogens with zero attached hydrogens (tertiary/aromatic N) is 3. The standard InChI is InChI=1S/C25H21FN4O3S/c1-16(18-7-12-21-22(13-18)33-15-32-21)27-23(31)14-34-25-29-28-24(17-5-3-2-4-6-17)30(25)20-10-8-19(26)9-11-20/h2-13,16H,14-15H2,1H3,(H,27,31)/t16-/m1/s1. The number of benzene rings is 3. The molecular formula is C25H21FN4O3S. The van der Waals surface area contributed by atoms with Crippen LogP contribution in [0, 0.1) is 5.82 Å². The molecule has 4 aromatic rings. The highest BCUT2D eigenvalue weighted by Gasteiger charge is 2.19. The predicted molar refractivity (Wildman–Crippen MR) is 127 cm³/mol. The minimum Gasteiger partial charge on any atom is -0.454 e. The van der Waals surface area contributed by atoms with Gasteiger partial charge in [0.05, 0.1) is 11.8 Å². The van der Waals surface area contributed by atoms with Gasteiger partial charge in [0.1, 0.15) is 5.82 Å². The Kier molecular flexibility index (Phi) is 6.18. The largest absolute Gasteiger partial charge is 0.454 e. The monoisotopic (exact) mass is 476 g/mol. The number of carbonyl (C=O) groups excluding carboxylic acids is 1. The van der Waals surface area contributed by atoms with Crippen molar-refractivity contribution < 1.29 is 18.7 Å². The summed E-state index contributed by atoms with van der Waals surface area (Å²) in [7, 11) is 0. The summed E-state index contributed by atoms with van der Waals surface area (Å²) in [5.74, 6) is 1.65. The average molecular weight is 477 g/mol. The minimum atomic E-state index is -0.329. The molecule has 1 N–H and O–H groups in total. The van der Waals surface area contributed by atoms with Gasteiger partial charge in [-0.05, 0) is 48.9 Å². The Morgan fingerprint density at radius 1 is 1.06 bits per heavy atom. The van der Waals surface area contributed by atoms with Crippen LogP contribution in [0.2, 0.25) is 0 Å². The summed E-state index contributed by atoms with van der Waals surface area (Å²) in [6, 6.07) is 21.1. The lowest BCUT2D eigenvalue weighted by atomic mass is 10.1. The smallest absolute Gasteiger partial charge is 0.231 e. The zero-order valence-corrected chi connectivity index (χ0v) is 19.1. The van der Waals surface area contributed by atoms with E-state index in [1.165, 1.54) is 23.9 Å². The highest BCUT2D eigenvalue weighted by atomic mass is 32.2. The van der Waals surface area contributed by atoms with E-state index in [2.05, 4.69) is 15.5 Å². The third-order valence-corrected chi connectivity index (χ3v) is 6.29. The minimum absolute atomic E-state index is 0.142. The number of carbonyl (C=O) groups is 1. The number of aromatic nitrogens is 3. The van der Waals surface area contributed by atoms with Gasteiger partial charge in [0.25, 0.3) is 0 Å². The fourth-order valence-corrected chi connectivity index (χ4v) is 4.40. The normalized spacial score (nSPS) is 13.0. The predicted octanol–water partition coefficient (Wildman–Crippen LogP) is 4.77. The van der Waals surface area contributed by atoms with Crippen molar-refractivity contribution in [2.24, 2.45) is 0 Å². The number of rotatable bonds is 7. The first-order valence-corrected chi connectivity index (χ1v) is 11.7. The molecule has 5 rings (SSSR count). The molecule has 1 amide bonds. The Balaban J connectivity index is 1.32. The Morgan fingerprint density at radius 2 is 1.82 bits per heavy atom. The molecule has 0 bridgehead atoms. The van der Waals surface area contributed by atoms with E-state index < -0.39 is 0 Å². The Hall–Kier alpha value is -3.85. The van der Waals surface area contributed by atoms with Gasteiger partial charge in [0.2, 0.25) is 12.7 Å². The molecule has 0 saturated carbocycles. The zero-order valence-electron chi connectivity index (χ0n) is 18.3. The highest BCUT2D eigenvalue weighted by Crippen LogP contribution is 2.34. The van der Waals surface area contributed by atoms with Crippen molar-refractivity contribution in [3.05, 3.63) is 84.2 Å². The molecule has 0 spiro atoms. The van der Waals surface area contributed by atoms with Crippen molar-refractivity contribution in [2.45, 2.75) is 18.1 Å². The summed E-state index contributed by atoms with van der Waals surface area (Å²) in [4.78, 5) is 12.7. The van der Waals surface area contributed by atoms with Crippen LogP contribution in [-0.4, -0.2) is 33.2 Å². The number of hydrogen-bond donors (Lipinski definition) is 1. The molecule has 3 aromatic carbocycles. The van der Waals surface area contributed by atoms with E-state index in [0.29, 0.717) is 28.2 Å². The van der Waals surface area contributed by atoms with Gasteiger partial charge < -0.3 is 14.8 Å². The summed E-state index contributed by atoms with van der Waals surface area (Å²) in [6.07, 6.45) is 0. The van der Waals surface area contributed by atoms with Gasteiger partial charge in [-0.15, -0.1) is 10.2 Å². The molecule has 1 aromatic heterocycles. The van der Waals surface area contributed by atoms with Gasteiger partial charge in [-0.1, -0.05) is 48.2 Å². The fourth-order valence-electron chi connectivity index (χ4n) is 3.64. The van der Waals surface area contributed by atoms with Crippen LogP contribution in [0.15, 0.2) is 78.0 Å². The third kappa shape index (κ3) is 4.60. The van der Waals surface area contributed by atoms with Crippen LogP contribution in [-0.2, 0) is 4.79 Å². The second-order valence-corrected chi connectivity index (χ2v) is 8.62. The molecule has 1 atom stereocenters. The molecule has 1 aliphatic heterocycles. The molecule has 1 aliphatic rings. The maximum atomic E-state index is 13.5. The Bertz CT molecular complexity index is 1310. The third-order valence-electron chi connectivity index (χ3n) is 5.36. The molecule has 0 unspecified atom stereocenters. The van der Waals surface area contributed by atoms with Crippen LogP contribution in [0.5, 0.6) is 11.5 Å². The van der Waals surface area contributed by atoms with E-state index in [1.54, 1.807) is 12.1 Å². The lowest BCUT2D eigenvalue weighted by Crippen LogP contribution is -2.28. The fraction of sp³-hybridized carbons (Fsp3) is 0.160. The lowest BCUT2D eigenvalue weighted by molar-refractivity contribution is -0.119. The van der Waals surface area contributed by atoms with Crippen molar-refractivity contribution in [1.82, 2.24) is 20.1 Å². The number of amides is 1. The summed E-state index contributed by atoms with van der Waals surface area (Å²) in [6.45, 7) is 2.12. The molecule has 0 aliphatic carbocycles. The van der Waals surface area contributed by atoms with E-state index in [4.69, 9.17) is 9.47 Å². The topological polar surface area (TPSA) is 78.3 Å². The van der Waals surface area contributed by atoms with Crippen LogP contribution >= 0.6 is 11.8 Å². The average Bonchev–Trinajstić information content (AvgIpc) is 3.50. The molecule has 7 nitrogen and oxygen atoms in total. The van der Waals surface area contributed by atoms with Crippen LogP contribution in [0.4, 0.5) is 4.39 Å². The van der Waals surface area contributed by atoms with Gasteiger partial charge >= 0.3 is 0 Å². The zero-order chi connectivity index (χ0) is 23.5. The summed E-state index contributed by atoms with van der Waals surface area (Å²) >= 11 is 1.27. The van der Waals surface area contributed by atoms with Crippen molar-refractivity contribution >= 4 is 17.7 Å². The molecule has 34 heavy (non-hydrogen) atoms. The van der Waals surface area contributed by atoms with Gasteiger partial charge in [-0.25, -0.2) is 4.39 Å². The molecule has 0 radical (unpaired) electrons. The number of ether oxygens (including phenoxy) is 2. The maximum absolute atomic E-state index is 13.5. The summed E-state index contributed by atoms with van der Waals surface area (Å²) < 4.78 is 26.1. The number of halogens is 1. The molecule has 172 valence electrons. The number of thioether (sulfide) groups is 1. The Morgan fingerprint density at radius 3 is 2.62 bits per heavy atom. The number of hydrogen-bond acceptors (Lipinski definition) is 6. The molecular weight excluding hydrogens is 455 g/mol. The summed E-state index contributed by atoms with van der Waals surface area (Å²) in [5.41, 5.74) is 2.50. The van der Waals surface area contributed by atoms with Gasteiger partial charge in [-0.3, -0.25) is 9.36 Å². The number of nitrogens with one attached hydrogen (secondary N) is 1. The van der Waals surface area contributed by atoms with Gasteiger partial charge in [-0.2, -0.15) is 0 Å². The van der Waals surface area contributed by atoms with Gasteiger partial charge in [0.15, 0.2) is 22.5 Å². The second kappa shape index (κ2) is 9.56. The van der Waals surface area contributed by atoms with E-state index in [0.717, 1.165) is 11.1 Å². The Labute approximate surface area is 199 Å². The molecule has 9 heteroatoms. The number of fused-ring (bicyclic) bond motifs is 1. The van der Waals surface area contributed by atoms with Crippen LogP contribution < -0.4 is 14.8 Å². The van der Waals surface area contributed by atoms with Crippen molar-refractivity contribution in [1.29, 1.82) is 0 Å². The molecule has 2 heterocycles. The van der Waals surface area contributed by atoms with E-state index in [-0.39, 0.29) is 30.3 Å². The molecule has 0 fully saturated rings. The quantitative estimate of drug-likeness (QED) is 0.387. The first kappa shape index (κ1) is 22.0. The van der Waals surface area contributed by atoms with Crippen LogP contribution in [0.25, 0.3) is 17.1 Å². The van der Waals surface area contributed by atoms with E-state index in [1.807, 2.05) is 60.0 Å². The van der Waals surface area contributed by atoms with Crippen molar-refractivity contribution in [3.8, 4) is 28.6 Å². The second-order valence-electron chi connectivity index (χ2n) is 7.67. The van der Waals surface area contributed by atoms with Crippen LogP contribution in [0.1, 0.15) is 18.5 Å². The van der Waals surface area contributed by atoms with Crippen molar-refractivity contribution in [3.63, 3.8) is 0 Å². The van der Waals surface area contributed by atoms with Crippen molar-refractivity contribution in [2.75, 3.05) is 12.5 Å². The first-order chi connectivity index (χ1) is 16.6. The highest BCUT2D eigenvalue weighted by molar-refractivity contribution is 7.99. The van der Waals surface area contributed by atoms with Gasteiger partial charge in [0, 0.05) is 11.3 Å². The molecule has 0 saturated heterocycles.